The molecule has 1 aromatic carbocycles. The molecule has 0 saturated carbocycles. The Hall–Kier alpha value is -1.91. The van der Waals surface area contributed by atoms with Crippen LogP contribution in [0.3, 0.4) is 0 Å². The van der Waals surface area contributed by atoms with E-state index in [1.807, 2.05) is 15.1 Å². The highest BCUT2D eigenvalue weighted by molar-refractivity contribution is 6.31. The highest BCUT2D eigenvalue weighted by Gasteiger charge is 2.49. The van der Waals surface area contributed by atoms with Gasteiger partial charge in [0, 0.05) is 30.9 Å². The van der Waals surface area contributed by atoms with Crippen LogP contribution >= 0.6 is 11.6 Å². The SMILES string of the molecule is CC(C)(NC(=O)CN1C[C@H]2C[C@@H]1CN2CC(=O)Nc1ccc(F)c(Cl)c1)C(F)(F)F. The van der Waals surface area contributed by atoms with Gasteiger partial charge in [-0.1, -0.05) is 11.6 Å². The molecule has 6 nitrogen and oxygen atoms in total. The lowest BCUT2D eigenvalue weighted by molar-refractivity contribution is -0.188. The zero-order chi connectivity index (χ0) is 22.3. The molecule has 0 aliphatic carbocycles. The van der Waals surface area contributed by atoms with Crippen molar-refractivity contribution in [2.75, 3.05) is 31.5 Å². The number of piperazine rings is 1. The molecule has 0 aromatic heterocycles. The van der Waals surface area contributed by atoms with Gasteiger partial charge in [0.25, 0.3) is 0 Å². The molecule has 2 fully saturated rings. The number of carbonyl (C=O) groups is 2. The van der Waals surface area contributed by atoms with Crippen molar-refractivity contribution in [1.82, 2.24) is 15.1 Å². The number of anilines is 1. The van der Waals surface area contributed by atoms with Crippen molar-refractivity contribution >= 4 is 29.1 Å². The van der Waals surface area contributed by atoms with E-state index in [2.05, 4.69) is 5.32 Å². The van der Waals surface area contributed by atoms with Crippen LogP contribution in [0.25, 0.3) is 0 Å². The molecule has 2 N–H and O–H groups in total. The molecule has 2 saturated heterocycles. The molecule has 0 spiro atoms. The number of hydrogen-bond donors (Lipinski definition) is 2. The zero-order valence-electron chi connectivity index (χ0n) is 16.5. The fraction of sp³-hybridized carbons (Fsp3) is 0.579. The van der Waals surface area contributed by atoms with Crippen LogP contribution in [0.5, 0.6) is 0 Å². The molecular formula is C19H23ClF4N4O2. The van der Waals surface area contributed by atoms with Gasteiger partial charge in [-0.25, -0.2) is 4.39 Å². The van der Waals surface area contributed by atoms with Crippen molar-refractivity contribution in [3.05, 3.63) is 29.0 Å². The molecule has 11 heteroatoms. The fourth-order valence-electron chi connectivity index (χ4n) is 3.82. The summed E-state index contributed by atoms with van der Waals surface area (Å²) in [5.41, 5.74) is -1.91. The van der Waals surface area contributed by atoms with Gasteiger partial charge >= 0.3 is 6.18 Å². The molecule has 0 radical (unpaired) electrons. The van der Waals surface area contributed by atoms with Crippen LogP contribution in [0.2, 0.25) is 5.02 Å². The molecule has 30 heavy (non-hydrogen) atoms. The van der Waals surface area contributed by atoms with E-state index in [1.54, 1.807) is 0 Å². The third-order valence-electron chi connectivity index (χ3n) is 5.52. The van der Waals surface area contributed by atoms with E-state index < -0.39 is 23.4 Å². The minimum Gasteiger partial charge on any atom is -0.341 e. The summed E-state index contributed by atoms with van der Waals surface area (Å²) in [7, 11) is 0. The number of rotatable bonds is 6. The lowest BCUT2D eigenvalue weighted by Crippen LogP contribution is -2.57. The Morgan fingerprint density at radius 3 is 2.17 bits per heavy atom. The number of amides is 2. The number of benzene rings is 1. The Kier molecular flexibility index (Phi) is 6.31. The first-order chi connectivity index (χ1) is 13.9. The van der Waals surface area contributed by atoms with Gasteiger partial charge in [-0.05, 0) is 38.5 Å². The van der Waals surface area contributed by atoms with E-state index >= 15 is 0 Å². The average molecular weight is 451 g/mol. The van der Waals surface area contributed by atoms with Gasteiger partial charge in [0.2, 0.25) is 11.8 Å². The first-order valence-corrected chi connectivity index (χ1v) is 9.84. The van der Waals surface area contributed by atoms with Crippen LogP contribution in [0.1, 0.15) is 20.3 Å². The van der Waals surface area contributed by atoms with Crippen molar-refractivity contribution in [3.8, 4) is 0 Å². The van der Waals surface area contributed by atoms with Gasteiger partial charge < -0.3 is 10.6 Å². The van der Waals surface area contributed by atoms with E-state index in [4.69, 9.17) is 11.6 Å². The summed E-state index contributed by atoms with van der Waals surface area (Å²) in [6.45, 7) is 2.90. The molecule has 3 rings (SSSR count). The van der Waals surface area contributed by atoms with Gasteiger partial charge in [0.05, 0.1) is 18.1 Å². The number of carbonyl (C=O) groups excluding carboxylic acids is 2. The largest absolute Gasteiger partial charge is 0.410 e. The van der Waals surface area contributed by atoms with Gasteiger partial charge in [-0.15, -0.1) is 0 Å². The van der Waals surface area contributed by atoms with Crippen LogP contribution in [0.15, 0.2) is 18.2 Å². The lowest BCUT2D eigenvalue weighted by atomic mass is 10.1. The number of nitrogens with one attached hydrogen (secondary N) is 2. The van der Waals surface area contributed by atoms with Crippen LogP contribution in [-0.2, 0) is 9.59 Å². The minimum absolute atomic E-state index is 0.00261. The molecule has 2 heterocycles. The standard InChI is InChI=1S/C19H23ClF4N4O2/c1-18(2,19(22,23)24)26-17(30)10-28-8-12-6-13(28)7-27(12)9-16(29)25-11-3-4-15(21)14(20)5-11/h3-5,12-13H,6-10H2,1-2H3,(H,25,29)(H,26,30)/t12-,13-/m1/s1. The van der Waals surface area contributed by atoms with Crippen molar-refractivity contribution in [3.63, 3.8) is 0 Å². The molecule has 1 aromatic rings. The second-order valence-electron chi connectivity index (χ2n) is 8.25. The van der Waals surface area contributed by atoms with E-state index in [-0.39, 0.29) is 36.1 Å². The first kappa shape index (κ1) is 22.8. The van der Waals surface area contributed by atoms with E-state index in [0.717, 1.165) is 20.3 Å². The molecule has 2 aliphatic heterocycles. The van der Waals surface area contributed by atoms with E-state index in [9.17, 15) is 27.2 Å². The van der Waals surface area contributed by atoms with E-state index in [1.165, 1.54) is 18.2 Å². The Labute approximate surface area is 176 Å². The molecule has 2 atom stereocenters. The number of alkyl halides is 3. The Morgan fingerprint density at radius 1 is 1.10 bits per heavy atom. The van der Waals surface area contributed by atoms with Crippen molar-refractivity contribution in [2.45, 2.75) is 44.1 Å². The quantitative estimate of drug-likeness (QED) is 0.654. The smallest absolute Gasteiger partial charge is 0.341 e. The van der Waals surface area contributed by atoms with Gasteiger partial charge in [0.1, 0.15) is 11.4 Å². The summed E-state index contributed by atoms with van der Waals surface area (Å²) in [5.74, 6) is -1.53. The maximum Gasteiger partial charge on any atom is 0.410 e. The summed E-state index contributed by atoms with van der Waals surface area (Å²) < 4.78 is 52.0. The van der Waals surface area contributed by atoms with Crippen molar-refractivity contribution < 1.29 is 27.2 Å². The predicted octanol–water partition coefficient (Wildman–Crippen LogP) is 2.63. The minimum atomic E-state index is -4.54. The Balaban J connectivity index is 1.47. The molecule has 2 bridgehead atoms. The Morgan fingerprint density at radius 2 is 1.67 bits per heavy atom. The molecule has 2 amide bonds. The number of halogens is 5. The zero-order valence-corrected chi connectivity index (χ0v) is 17.3. The topological polar surface area (TPSA) is 64.7 Å². The van der Waals surface area contributed by atoms with Crippen LogP contribution in [0.4, 0.5) is 23.2 Å². The van der Waals surface area contributed by atoms with Crippen molar-refractivity contribution in [2.24, 2.45) is 0 Å². The second kappa shape index (κ2) is 8.32. The normalized spacial score (nSPS) is 22.4. The Bertz CT molecular complexity index is 833. The maximum absolute atomic E-state index is 13.2. The second-order valence-corrected chi connectivity index (χ2v) is 8.66. The summed E-state index contributed by atoms with van der Waals surface area (Å²) in [6, 6.07) is 3.95. The van der Waals surface area contributed by atoms with Gasteiger partial charge in [-0.2, -0.15) is 13.2 Å². The number of likely N-dealkylation sites (tertiary alicyclic amines) is 2. The van der Waals surface area contributed by atoms with Crippen LogP contribution < -0.4 is 10.6 Å². The summed E-state index contributed by atoms with van der Waals surface area (Å²) in [5, 5.41) is 4.62. The number of nitrogens with zero attached hydrogens (tertiary/aromatic N) is 2. The summed E-state index contributed by atoms with van der Waals surface area (Å²) in [6.07, 6.45) is -3.79. The van der Waals surface area contributed by atoms with Gasteiger partial charge in [0.15, 0.2) is 0 Å². The highest BCUT2D eigenvalue weighted by Crippen LogP contribution is 2.32. The van der Waals surface area contributed by atoms with E-state index in [0.29, 0.717) is 18.8 Å². The monoisotopic (exact) mass is 450 g/mol. The average Bonchev–Trinajstić information content (AvgIpc) is 3.16. The summed E-state index contributed by atoms with van der Waals surface area (Å²) in [4.78, 5) is 28.2. The lowest BCUT2D eigenvalue weighted by Gasteiger charge is -2.34. The van der Waals surface area contributed by atoms with Crippen LogP contribution in [0, 0.1) is 5.82 Å². The first-order valence-electron chi connectivity index (χ1n) is 9.46. The molecular weight excluding hydrogens is 428 g/mol. The third-order valence-corrected chi connectivity index (χ3v) is 5.81. The predicted molar refractivity (Wildman–Crippen MR) is 104 cm³/mol. The van der Waals surface area contributed by atoms with Crippen molar-refractivity contribution in [1.29, 1.82) is 0 Å². The molecule has 2 aliphatic rings. The maximum atomic E-state index is 13.2. The summed E-state index contributed by atoms with van der Waals surface area (Å²) >= 11 is 5.70. The highest BCUT2D eigenvalue weighted by atomic mass is 35.5. The number of fused-ring (bicyclic) bond motifs is 2. The fourth-order valence-corrected chi connectivity index (χ4v) is 4.00. The van der Waals surface area contributed by atoms with Gasteiger partial charge in [-0.3, -0.25) is 19.4 Å². The third kappa shape index (κ3) is 5.04. The molecule has 166 valence electrons. The van der Waals surface area contributed by atoms with Crippen LogP contribution in [-0.4, -0.2) is 71.6 Å². The number of hydrogen-bond acceptors (Lipinski definition) is 4. The molecule has 0 unspecified atom stereocenters.